The molecule has 110 valence electrons. The number of hydrogen-bond acceptors (Lipinski definition) is 5. The minimum absolute atomic E-state index is 0.270. The Kier molecular flexibility index (Phi) is 5.30. The number of rotatable bonds is 6. The van der Waals surface area contributed by atoms with Crippen LogP contribution in [-0.2, 0) is 0 Å². The van der Waals surface area contributed by atoms with Gasteiger partial charge in [-0.05, 0) is 6.92 Å². The number of nitro groups is 1. The molecule has 0 fully saturated rings. The summed E-state index contributed by atoms with van der Waals surface area (Å²) in [5, 5.41) is 13.7. The summed E-state index contributed by atoms with van der Waals surface area (Å²) in [4.78, 5) is 26.6. The van der Waals surface area contributed by atoms with Crippen LogP contribution in [0.4, 0.5) is 20.3 Å². The van der Waals surface area contributed by atoms with E-state index in [9.17, 15) is 23.7 Å². The molecule has 0 spiro atoms. The molecule has 20 heavy (non-hydrogen) atoms. The van der Waals surface area contributed by atoms with Gasteiger partial charge >= 0.3 is 0 Å². The monoisotopic (exact) mass is 288 g/mol. The average molecular weight is 288 g/mol. The lowest BCUT2D eigenvalue weighted by molar-refractivity contribution is -0.385. The van der Waals surface area contributed by atoms with E-state index in [0.29, 0.717) is 6.54 Å². The third kappa shape index (κ3) is 3.84. The predicted molar refractivity (Wildman–Crippen MR) is 68.0 cm³/mol. The van der Waals surface area contributed by atoms with E-state index in [-0.39, 0.29) is 11.4 Å². The number of carbonyl (C=O) groups excluding carboxylic acids is 1. The van der Waals surface area contributed by atoms with Crippen molar-refractivity contribution >= 4 is 17.4 Å². The first kappa shape index (κ1) is 15.7. The molecule has 1 aromatic rings. The second kappa shape index (κ2) is 6.73. The van der Waals surface area contributed by atoms with Crippen LogP contribution in [0.5, 0.6) is 0 Å². The van der Waals surface area contributed by atoms with Crippen LogP contribution < -0.4 is 5.32 Å². The zero-order valence-electron chi connectivity index (χ0n) is 11.0. The number of halogens is 2. The maximum absolute atomic E-state index is 12.3. The van der Waals surface area contributed by atoms with Gasteiger partial charge in [0.2, 0.25) is 0 Å². The second-order valence-electron chi connectivity index (χ2n) is 3.95. The fourth-order valence-electron chi connectivity index (χ4n) is 1.54. The Bertz CT molecular complexity index is 510. The number of nitrogens with one attached hydrogen (secondary N) is 1. The van der Waals surface area contributed by atoms with Crippen LogP contribution in [0.15, 0.2) is 12.3 Å². The van der Waals surface area contributed by atoms with Crippen LogP contribution in [0.2, 0.25) is 0 Å². The molecule has 0 radical (unpaired) electrons. The van der Waals surface area contributed by atoms with E-state index in [0.717, 1.165) is 18.1 Å². The van der Waals surface area contributed by atoms with E-state index in [1.54, 1.807) is 6.92 Å². The molecule has 1 amide bonds. The van der Waals surface area contributed by atoms with Crippen molar-refractivity contribution in [1.82, 2.24) is 9.88 Å². The summed E-state index contributed by atoms with van der Waals surface area (Å²) in [6.07, 6.45) is -1.78. The normalized spacial score (nSPS) is 10.4. The summed E-state index contributed by atoms with van der Waals surface area (Å²) >= 11 is 0. The summed E-state index contributed by atoms with van der Waals surface area (Å²) in [7, 11) is 1.16. The lowest BCUT2D eigenvalue weighted by atomic mass is 10.2. The van der Waals surface area contributed by atoms with E-state index in [4.69, 9.17) is 0 Å². The number of carbonyl (C=O) groups is 1. The van der Waals surface area contributed by atoms with Gasteiger partial charge in [-0.15, -0.1) is 0 Å². The summed E-state index contributed by atoms with van der Waals surface area (Å²) in [5.41, 5.74) is -0.790. The molecule has 0 aliphatic rings. The second-order valence-corrected chi connectivity index (χ2v) is 3.95. The average Bonchev–Trinajstić information content (AvgIpc) is 2.37. The molecule has 1 heterocycles. The smallest absolute Gasteiger partial charge is 0.300 e. The van der Waals surface area contributed by atoms with Gasteiger partial charge in [0.05, 0.1) is 11.5 Å². The number of aromatic nitrogens is 1. The SMILES string of the molecule is CCNc1cc(C(=O)N(C)CC(F)F)c([N+](=O)[O-])cn1. The van der Waals surface area contributed by atoms with Crippen molar-refractivity contribution in [3.05, 3.63) is 27.9 Å². The summed E-state index contributed by atoms with van der Waals surface area (Å²) in [6, 6.07) is 1.19. The van der Waals surface area contributed by atoms with Crippen molar-refractivity contribution in [2.24, 2.45) is 0 Å². The van der Waals surface area contributed by atoms with Gasteiger partial charge in [0.15, 0.2) is 0 Å². The highest BCUT2D eigenvalue weighted by molar-refractivity contribution is 5.98. The molecule has 1 rings (SSSR count). The summed E-state index contributed by atoms with van der Waals surface area (Å²) in [6.45, 7) is 1.49. The lowest BCUT2D eigenvalue weighted by Gasteiger charge is -2.16. The molecule has 0 bridgehead atoms. The summed E-state index contributed by atoms with van der Waals surface area (Å²) < 4.78 is 24.5. The van der Waals surface area contributed by atoms with Crippen LogP contribution >= 0.6 is 0 Å². The molecule has 1 aromatic heterocycles. The molecule has 0 saturated carbocycles. The molecule has 9 heteroatoms. The van der Waals surface area contributed by atoms with Crippen LogP contribution in [-0.4, -0.2) is 47.3 Å². The van der Waals surface area contributed by atoms with Gasteiger partial charge in [0.25, 0.3) is 18.0 Å². The standard InChI is InChI=1S/C11H14F2N4O3/c1-3-14-10-4-7(8(5-15-10)17(19)20)11(18)16(2)6-9(12)13/h4-5,9H,3,6H2,1-2H3,(H,14,15). The van der Waals surface area contributed by atoms with Gasteiger partial charge in [-0.2, -0.15) is 0 Å². The van der Waals surface area contributed by atoms with E-state index in [1.807, 2.05) is 0 Å². The molecule has 0 atom stereocenters. The molecule has 7 nitrogen and oxygen atoms in total. The van der Waals surface area contributed by atoms with Crippen LogP contribution in [0.1, 0.15) is 17.3 Å². The Morgan fingerprint density at radius 2 is 2.25 bits per heavy atom. The van der Waals surface area contributed by atoms with Crippen molar-refractivity contribution in [3.63, 3.8) is 0 Å². The van der Waals surface area contributed by atoms with E-state index < -0.39 is 29.5 Å². The Labute approximate surface area is 113 Å². The number of anilines is 1. The van der Waals surface area contributed by atoms with Gasteiger partial charge in [0.1, 0.15) is 17.6 Å². The minimum Gasteiger partial charge on any atom is -0.370 e. The molecule has 1 N–H and O–H groups in total. The fourth-order valence-corrected chi connectivity index (χ4v) is 1.54. The lowest BCUT2D eigenvalue weighted by Crippen LogP contribution is -2.31. The van der Waals surface area contributed by atoms with Crippen LogP contribution in [0.25, 0.3) is 0 Å². The highest BCUT2D eigenvalue weighted by Gasteiger charge is 2.25. The Balaban J connectivity index is 3.14. The first-order chi connectivity index (χ1) is 9.36. The molecule has 0 unspecified atom stereocenters. The van der Waals surface area contributed by atoms with Gasteiger partial charge in [-0.3, -0.25) is 14.9 Å². The Hall–Kier alpha value is -2.32. The van der Waals surface area contributed by atoms with Crippen molar-refractivity contribution < 1.29 is 18.5 Å². The zero-order chi connectivity index (χ0) is 15.3. The summed E-state index contributed by atoms with van der Waals surface area (Å²) in [5.74, 6) is -0.578. The van der Waals surface area contributed by atoms with Crippen molar-refractivity contribution in [3.8, 4) is 0 Å². The molecular formula is C11H14F2N4O3. The first-order valence-electron chi connectivity index (χ1n) is 5.78. The third-order valence-electron chi connectivity index (χ3n) is 2.43. The third-order valence-corrected chi connectivity index (χ3v) is 2.43. The van der Waals surface area contributed by atoms with Crippen LogP contribution in [0, 0.1) is 10.1 Å². The van der Waals surface area contributed by atoms with E-state index in [1.165, 1.54) is 6.07 Å². The quantitative estimate of drug-likeness (QED) is 0.636. The van der Waals surface area contributed by atoms with Crippen molar-refractivity contribution in [2.75, 3.05) is 25.5 Å². The molecule has 0 aromatic carbocycles. The number of pyridine rings is 1. The maximum atomic E-state index is 12.3. The van der Waals surface area contributed by atoms with Gasteiger partial charge < -0.3 is 10.2 Å². The zero-order valence-corrected chi connectivity index (χ0v) is 11.0. The van der Waals surface area contributed by atoms with Gasteiger partial charge in [-0.1, -0.05) is 0 Å². The Morgan fingerprint density at radius 3 is 2.75 bits per heavy atom. The first-order valence-corrected chi connectivity index (χ1v) is 5.78. The molecule has 0 saturated heterocycles. The van der Waals surface area contributed by atoms with Crippen LogP contribution in [0.3, 0.4) is 0 Å². The Morgan fingerprint density at radius 1 is 1.60 bits per heavy atom. The fraction of sp³-hybridized carbons (Fsp3) is 0.455. The van der Waals surface area contributed by atoms with Crippen molar-refractivity contribution in [2.45, 2.75) is 13.3 Å². The van der Waals surface area contributed by atoms with Gasteiger partial charge in [0, 0.05) is 19.7 Å². The molecule has 0 aliphatic carbocycles. The highest BCUT2D eigenvalue weighted by atomic mass is 19.3. The molecule has 0 aliphatic heterocycles. The van der Waals surface area contributed by atoms with Crippen molar-refractivity contribution in [1.29, 1.82) is 0 Å². The number of amides is 1. The largest absolute Gasteiger partial charge is 0.370 e. The topological polar surface area (TPSA) is 88.4 Å². The number of hydrogen-bond donors (Lipinski definition) is 1. The predicted octanol–water partition coefficient (Wildman–Crippen LogP) is 1.76. The van der Waals surface area contributed by atoms with E-state index in [2.05, 4.69) is 10.3 Å². The highest BCUT2D eigenvalue weighted by Crippen LogP contribution is 2.22. The maximum Gasteiger partial charge on any atom is 0.300 e. The molecular weight excluding hydrogens is 274 g/mol. The van der Waals surface area contributed by atoms with Gasteiger partial charge in [-0.25, -0.2) is 13.8 Å². The minimum atomic E-state index is -2.71. The van der Waals surface area contributed by atoms with E-state index >= 15 is 0 Å². The number of nitrogens with zero attached hydrogens (tertiary/aromatic N) is 3. The number of alkyl halides is 2.